The zero-order valence-corrected chi connectivity index (χ0v) is 13.6. The van der Waals surface area contributed by atoms with Gasteiger partial charge in [0, 0.05) is 25.2 Å². The van der Waals surface area contributed by atoms with Gasteiger partial charge < -0.3 is 10.5 Å². The summed E-state index contributed by atoms with van der Waals surface area (Å²) in [5.74, 6) is 1.81. The van der Waals surface area contributed by atoms with Gasteiger partial charge in [0.05, 0.1) is 6.61 Å². The Balaban J connectivity index is 1.71. The maximum absolute atomic E-state index is 6.14. The van der Waals surface area contributed by atoms with Gasteiger partial charge in [-0.05, 0) is 57.4 Å². The zero-order chi connectivity index (χ0) is 14.4. The number of likely N-dealkylation sites (N-methyl/N-ethyl adjacent to an activating group) is 1. The highest BCUT2D eigenvalue weighted by molar-refractivity contribution is 4.94. The average molecular weight is 282 g/mol. The summed E-state index contributed by atoms with van der Waals surface area (Å²) in [5.41, 5.74) is 6.38. The van der Waals surface area contributed by atoms with Crippen LogP contribution < -0.4 is 5.73 Å². The monoisotopic (exact) mass is 282 g/mol. The summed E-state index contributed by atoms with van der Waals surface area (Å²) in [6, 6.07) is 0. The molecule has 0 aromatic carbocycles. The summed E-state index contributed by atoms with van der Waals surface area (Å²) in [7, 11) is 2.24. The molecule has 2 rings (SSSR count). The van der Waals surface area contributed by atoms with Gasteiger partial charge in [-0.1, -0.05) is 19.8 Å². The molecule has 0 aromatic rings. The van der Waals surface area contributed by atoms with Gasteiger partial charge in [0.15, 0.2) is 0 Å². The van der Waals surface area contributed by atoms with Crippen molar-refractivity contribution < 1.29 is 4.74 Å². The molecule has 2 aliphatic carbocycles. The van der Waals surface area contributed by atoms with Gasteiger partial charge in [-0.15, -0.1) is 0 Å². The predicted octanol–water partition coefficient (Wildman–Crippen LogP) is 3.03. The van der Waals surface area contributed by atoms with Crippen LogP contribution in [0.15, 0.2) is 0 Å². The fraction of sp³-hybridized carbons (Fsp3) is 1.00. The summed E-state index contributed by atoms with van der Waals surface area (Å²) in [6.07, 6.45) is 10.7. The summed E-state index contributed by atoms with van der Waals surface area (Å²) in [6.45, 7) is 5.97. The number of nitrogens with two attached hydrogens (primary N) is 1. The van der Waals surface area contributed by atoms with Crippen LogP contribution in [0.5, 0.6) is 0 Å². The molecule has 2 saturated carbocycles. The van der Waals surface area contributed by atoms with E-state index in [2.05, 4.69) is 18.9 Å². The third kappa shape index (κ3) is 4.44. The van der Waals surface area contributed by atoms with Crippen molar-refractivity contribution in [3.8, 4) is 0 Å². The standard InChI is InChI=1S/C17H34N2O/c1-3-4-15-7-9-17(14-18,10-8-15)19(2)11-12-20-13-16-5-6-16/h15-16H,3-14,18H2,1-2H3. The topological polar surface area (TPSA) is 38.5 Å². The van der Waals surface area contributed by atoms with E-state index in [0.29, 0.717) is 0 Å². The van der Waals surface area contributed by atoms with Crippen molar-refractivity contribution >= 4 is 0 Å². The molecule has 0 radical (unpaired) electrons. The van der Waals surface area contributed by atoms with Crippen LogP contribution >= 0.6 is 0 Å². The van der Waals surface area contributed by atoms with Crippen molar-refractivity contribution in [2.24, 2.45) is 17.6 Å². The SMILES string of the molecule is CCCC1CCC(CN)(N(C)CCOCC2CC2)CC1. The maximum atomic E-state index is 6.14. The van der Waals surface area contributed by atoms with Crippen molar-refractivity contribution in [2.45, 2.75) is 63.8 Å². The number of ether oxygens (including phenoxy) is 1. The second kappa shape index (κ2) is 7.77. The Morgan fingerprint density at radius 2 is 1.85 bits per heavy atom. The van der Waals surface area contributed by atoms with E-state index in [1.165, 1.54) is 51.4 Å². The number of rotatable bonds is 9. The Labute approximate surface area is 125 Å². The van der Waals surface area contributed by atoms with Crippen molar-refractivity contribution in [3.05, 3.63) is 0 Å². The molecule has 0 heterocycles. The molecule has 3 nitrogen and oxygen atoms in total. The van der Waals surface area contributed by atoms with Crippen molar-refractivity contribution in [2.75, 3.05) is 33.4 Å². The van der Waals surface area contributed by atoms with E-state index in [1.54, 1.807) is 0 Å². The summed E-state index contributed by atoms with van der Waals surface area (Å²) < 4.78 is 5.79. The van der Waals surface area contributed by atoms with Crippen LogP contribution in [0, 0.1) is 11.8 Å². The molecule has 0 saturated heterocycles. The van der Waals surface area contributed by atoms with Crippen LogP contribution in [0.3, 0.4) is 0 Å². The number of hydrogen-bond acceptors (Lipinski definition) is 3. The fourth-order valence-electron chi connectivity index (χ4n) is 3.63. The molecule has 118 valence electrons. The van der Waals surface area contributed by atoms with Crippen LogP contribution in [0.4, 0.5) is 0 Å². The van der Waals surface area contributed by atoms with Crippen LogP contribution in [0.25, 0.3) is 0 Å². The highest BCUT2D eigenvalue weighted by Crippen LogP contribution is 2.37. The first-order valence-corrected chi connectivity index (χ1v) is 8.69. The van der Waals surface area contributed by atoms with E-state index in [0.717, 1.165) is 38.1 Å². The number of nitrogens with zero attached hydrogens (tertiary/aromatic N) is 1. The molecule has 0 spiro atoms. The molecule has 2 aliphatic rings. The van der Waals surface area contributed by atoms with Gasteiger partial charge in [-0.25, -0.2) is 0 Å². The van der Waals surface area contributed by atoms with E-state index in [1.807, 2.05) is 0 Å². The first kappa shape index (κ1) is 16.3. The van der Waals surface area contributed by atoms with Crippen molar-refractivity contribution in [3.63, 3.8) is 0 Å². The Kier molecular flexibility index (Phi) is 6.31. The highest BCUT2D eigenvalue weighted by atomic mass is 16.5. The Bertz CT molecular complexity index is 270. The first-order valence-electron chi connectivity index (χ1n) is 8.69. The van der Waals surface area contributed by atoms with E-state index in [-0.39, 0.29) is 5.54 Å². The van der Waals surface area contributed by atoms with Gasteiger partial charge in [0.25, 0.3) is 0 Å². The van der Waals surface area contributed by atoms with Gasteiger partial charge >= 0.3 is 0 Å². The number of hydrogen-bond donors (Lipinski definition) is 1. The third-order valence-electron chi connectivity index (χ3n) is 5.54. The Morgan fingerprint density at radius 1 is 1.15 bits per heavy atom. The van der Waals surface area contributed by atoms with Gasteiger partial charge in [0.1, 0.15) is 0 Å². The summed E-state index contributed by atoms with van der Waals surface area (Å²) >= 11 is 0. The van der Waals surface area contributed by atoms with Crippen LogP contribution in [0.2, 0.25) is 0 Å². The van der Waals surface area contributed by atoms with Crippen LogP contribution in [0.1, 0.15) is 58.3 Å². The molecule has 0 aliphatic heterocycles. The Morgan fingerprint density at radius 3 is 2.40 bits per heavy atom. The lowest BCUT2D eigenvalue weighted by molar-refractivity contribution is 0.0292. The second-order valence-corrected chi connectivity index (χ2v) is 7.10. The average Bonchev–Trinajstić information content (AvgIpc) is 3.29. The summed E-state index contributed by atoms with van der Waals surface area (Å²) in [5, 5.41) is 0. The zero-order valence-electron chi connectivity index (χ0n) is 13.6. The quantitative estimate of drug-likeness (QED) is 0.661. The summed E-state index contributed by atoms with van der Waals surface area (Å²) in [4.78, 5) is 2.49. The largest absolute Gasteiger partial charge is 0.380 e. The van der Waals surface area contributed by atoms with Crippen molar-refractivity contribution in [1.29, 1.82) is 0 Å². The molecule has 0 aromatic heterocycles. The van der Waals surface area contributed by atoms with Crippen LogP contribution in [-0.2, 0) is 4.74 Å². The molecule has 0 amide bonds. The van der Waals surface area contributed by atoms with Gasteiger partial charge in [-0.3, -0.25) is 4.90 Å². The van der Waals surface area contributed by atoms with Crippen LogP contribution in [-0.4, -0.2) is 43.8 Å². The fourth-order valence-corrected chi connectivity index (χ4v) is 3.63. The second-order valence-electron chi connectivity index (χ2n) is 7.10. The lowest BCUT2D eigenvalue weighted by Gasteiger charge is -2.46. The molecule has 0 unspecified atom stereocenters. The minimum atomic E-state index is 0.243. The first-order chi connectivity index (χ1) is 9.70. The van der Waals surface area contributed by atoms with E-state index in [9.17, 15) is 0 Å². The molecular weight excluding hydrogens is 248 g/mol. The van der Waals surface area contributed by atoms with Gasteiger partial charge in [0.2, 0.25) is 0 Å². The minimum Gasteiger partial charge on any atom is -0.380 e. The molecule has 0 bridgehead atoms. The lowest BCUT2D eigenvalue weighted by Crippen LogP contribution is -2.55. The normalized spacial score (nSPS) is 30.9. The van der Waals surface area contributed by atoms with E-state index < -0.39 is 0 Å². The highest BCUT2D eigenvalue weighted by Gasteiger charge is 2.37. The molecule has 20 heavy (non-hydrogen) atoms. The molecule has 3 heteroatoms. The molecule has 2 N–H and O–H groups in total. The van der Waals surface area contributed by atoms with E-state index >= 15 is 0 Å². The minimum absolute atomic E-state index is 0.243. The molecular formula is C17H34N2O. The van der Waals surface area contributed by atoms with Gasteiger partial charge in [-0.2, -0.15) is 0 Å². The lowest BCUT2D eigenvalue weighted by atomic mass is 9.74. The maximum Gasteiger partial charge on any atom is 0.0593 e. The molecule has 0 atom stereocenters. The Hall–Kier alpha value is -0.120. The molecule has 2 fully saturated rings. The third-order valence-corrected chi connectivity index (χ3v) is 5.54. The van der Waals surface area contributed by atoms with Crippen molar-refractivity contribution in [1.82, 2.24) is 4.90 Å². The smallest absolute Gasteiger partial charge is 0.0593 e. The van der Waals surface area contributed by atoms with E-state index in [4.69, 9.17) is 10.5 Å². The predicted molar refractivity (Wildman–Crippen MR) is 84.8 cm³/mol.